The molecule has 7 unspecified atom stereocenters. The van der Waals surface area contributed by atoms with Crippen molar-refractivity contribution in [1.82, 2.24) is 0 Å². The van der Waals surface area contributed by atoms with Crippen molar-refractivity contribution < 1.29 is 15.3 Å². The number of hydrogen-bond donors (Lipinski definition) is 4. The Kier molecular flexibility index (Phi) is 6.17. The van der Waals surface area contributed by atoms with Gasteiger partial charge in [-0.1, -0.05) is 20.4 Å². The number of aliphatic hydroxyl groups excluding tert-OH is 3. The summed E-state index contributed by atoms with van der Waals surface area (Å²) in [5.41, 5.74) is 5.78. The normalized spacial score (nSPS) is 48.5. The maximum atomic E-state index is 10.2. The van der Waals surface area contributed by atoms with Gasteiger partial charge in [0.2, 0.25) is 0 Å². The van der Waals surface area contributed by atoms with Gasteiger partial charge in [0.05, 0.1) is 12.2 Å². The third-order valence-corrected chi connectivity index (χ3v) is 7.78. The predicted octanol–water partition coefficient (Wildman–Crippen LogP) is 2.46. The van der Waals surface area contributed by atoms with E-state index in [1.807, 2.05) is 0 Å². The molecule has 4 nitrogen and oxygen atoms in total. The molecule has 0 spiro atoms. The van der Waals surface area contributed by atoms with E-state index in [0.717, 1.165) is 50.5 Å². The predicted molar refractivity (Wildman–Crippen MR) is 97.4 cm³/mol. The van der Waals surface area contributed by atoms with Crippen LogP contribution < -0.4 is 5.73 Å². The van der Waals surface area contributed by atoms with Crippen molar-refractivity contribution in [1.29, 1.82) is 0 Å². The first kappa shape index (κ1) is 19.9. The monoisotopic (exact) mass is 339 g/mol. The zero-order valence-corrected chi connectivity index (χ0v) is 15.7. The first-order valence-corrected chi connectivity index (χ1v) is 9.55. The number of hydrogen-bond acceptors (Lipinski definition) is 4. The molecule has 4 heteroatoms. The molecular formula is C20H37NO3. The molecule has 0 amide bonds. The summed E-state index contributed by atoms with van der Waals surface area (Å²) < 4.78 is 0. The SMILES string of the molecule is C=C1C(O)CC2CC(C3(C)CCC(O)CC3CO)CCC12C.CN. The summed E-state index contributed by atoms with van der Waals surface area (Å²) in [7, 11) is 1.50. The fourth-order valence-corrected chi connectivity index (χ4v) is 5.79. The molecule has 7 atom stereocenters. The lowest BCUT2D eigenvalue weighted by atomic mass is 9.53. The summed E-state index contributed by atoms with van der Waals surface area (Å²) in [5.74, 6) is 1.32. The Morgan fingerprint density at radius 2 is 1.71 bits per heavy atom. The third-order valence-electron chi connectivity index (χ3n) is 7.78. The Bertz CT molecular complexity index is 454. The molecule has 0 saturated heterocycles. The van der Waals surface area contributed by atoms with Gasteiger partial charge >= 0.3 is 0 Å². The van der Waals surface area contributed by atoms with Crippen molar-refractivity contribution in [2.45, 2.75) is 71.0 Å². The molecule has 3 aliphatic carbocycles. The molecule has 0 aromatic heterocycles. The molecule has 5 N–H and O–H groups in total. The minimum atomic E-state index is -0.330. The van der Waals surface area contributed by atoms with Crippen LogP contribution in [0.4, 0.5) is 0 Å². The van der Waals surface area contributed by atoms with Gasteiger partial charge in [0.25, 0.3) is 0 Å². The summed E-state index contributed by atoms with van der Waals surface area (Å²) >= 11 is 0. The number of fused-ring (bicyclic) bond motifs is 1. The van der Waals surface area contributed by atoms with Crippen LogP contribution in [0.15, 0.2) is 12.2 Å². The third kappa shape index (κ3) is 3.18. The molecule has 0 radical (unpaired) electrons. The second kappa shape index (κ2) is 7.45. The molecule has 0 aromatic carbocycles. The van der Waals surface area contributed by atoms with Gasteiger partial charge in [0.1, 0.15) is 0 Å². The molecule has 3 saturated carbocycles. The minimum Gasteiger partial charge on any atom is -0.396 e. The molecule has 3 rings (SSSR count). The first-order valence-electron chi connectivity index (χ1n) is 9.55. The molecule has 0 bridgehead atoms. The van der Waals surface area contributed by atoms with Gasteiger partial charge in [-0.15, -0.1) is 0 Å². The summed E-state index contributed by atoms with van der Waals surface area (Å²) in [4.78, 5) is 0. The number of aliphatic hydroxyl groups is 3. The van der Waals surface area contributed by atoms with Crippen LogP contribution in [0.2, 0.25) is 0 Å². The van der Waals surface area contributed by atoms with Crippen LogP contribution in [-0.2, 0) is 0 Å². The van der Waals surface area contributed by atoms with E-state index in [-0.39, 0.29) is 35.6 Å². The summed E-state index contributed by atoms with van der Waals surface area (Å²) in [6.45, 7) is 8.95. The average molecular weight is 340 g/mol. The van der Waals surface area contributed by atoms with Gasteiger partial charge in [0.15, 0.2) is 0 Å². The minimum absolute atomic E-state index is 0.106. The highest BCUT2D eigenvalue weighted by Crippen LogP contribution is 2.61. The van der Waals surface area contributed by atoms with Crippen molar-refractivity contribution >= 4 is 0 Å². The van der Waals surface area contributed by atoms with Gasteiger partial charge in [0, 0.05) is 6.61 Å². The van der Waals surface area contributed by atoms with Crippen molar-refractivity contribution in [2.75, 3.05) is 13.7 Å². The lowest BCUT2D eigenvalue weighted by Gasteiger charge is -2.52. The van der Waals surface area contributed by atoms with Crippen molar-refractivity contribution in [3.63, 3.8) is 0 Å². The van der Waals surface area contributed by atoms with E-state index in [0.29, 0.717) is 11.8 Å². The lowest BCUT2D eigenvalue weighted by Crippen LogP contribution is -2.46. The van der Waals surface area contributed by atoms with Crippen LogP contribution in [0.3, 0.4) is 0 Å². The van der Waals surface area contributed by atoms with Crippen LogP contribution in [0, 0.1) is 28.6 Å². The maximum absolute atomic E-state index is 10.2. The number of nitrogens with two attached hydrogens (primary N) is 1. The Hall–Kier alpha value is -0.420. The maximum Gasteiger partial charge on any atom is 0.0755 e. The topological polar surface area (TPSA) is 86.7 Å². The standard InChI is InChI=1S/C19H32O3.CH5N/c1-12-17(22)10-14-8-13(4-6-18(12,14)2)19(3)7-5-16(21)9-15(19)11-20;1-2/h13-17,20-22H,1,4-11H2,2-3H3;2H2,1H3. The fourth-order valence-electron chi connectivity index (χ4n) is 5.79. The quantitative estimate of drug-likeness (QED) is 0.582. The van der Waals surface area contributed by atoms with Crippen LogP contribution in [0.25, 0.3) is 0 Å². The second-order valence-electron chi connectivity index (χ2n) is 8.68. The van der Waals surface area contributed by atoms with Gasteiger partial charge in [-0.25, -0.2) is 0 Å². The van der Waals surface area contributed by atoms with Gasteiger partial charge in [-0.3, -0.25) is 0 Å². The second-order valence-corrected chi connectivity index (χ2v) is 8.68. The van der Waals surface area contributed by atoms with E-state index in [1.54, 1.807) is 0 Å². The molecule has 3 aliphatic rings. The smallest absolute Gasteiger partial charge is 0.0755 e. The van der Waals surface area contributed by atoms with Crippen LogP contribution in [-0.4, -0.2) is 41.2 Å². The van der Waals surface area contributed by atoms with E-state index < -0.39 is 0 Å². The van der Waals surface area contributed by atoms with E-state index >= 15 is 0 Å². The molecule has 0 aliphatic heterocycles. The van der Waals surface area contributed by atoms with E-state index in [9.17, 15) is 15.3 Å². The molecule has 3 fully saturated rings. The van der Waals surface area contributed by atoms with Gasteiger partial charge in [-0.05, 0) is 86.2 Å². The summed E-state index contributed by atoms with van der Waals surface area (Å²) in [5, 5.41) is 30.0. The highest BCUT2D eigenvalue weighted by atomic mass is 16.3. The van der Waals surface area contributed by atoms with E-state index in [2.05, 4.69) is 26.2 Å². The van der Waals surface area contributed by atoms with Crippen LogP contribution >= 0.6 is 0 Å². The lowest BCUT2D eigenvalue weighted by molar-refractivity contribution is -0.0663. The Labute approximate surface area is 147 Å². The highest BCUT2D eigenvalue weighted by Gasteiger charge is 2.54. The first-order chi connectivity index (χ1) is 11.3. The summed E-state index contributed by atoms with van der Waals surface area (Å²) in [6, 6.07) is 0. The fraction of sp³-hybridized carbons (Fsp3) is 0.900. The Balaban J connectivity index is 0.00000100. The van der Waals surface area contributed by atoms with E-state index in [1.165, 1.54) is 7.05 Å². The largest absolute Gasteiger partial charge is 0.396 e. The Morgan fingerprint density at radius 1 is 1.04 bits per heavy atom. The van der Waals surface area contributed by atoms with Crippen molar-refractivity contribution in [2.24, 2.45) is 34.3 Å². The van der Waals surface area contributed by atoms with Crippen LogP contribution in [0.1, 0.15) is 58.8 Å². The zero-order valence-electron chi connectivity index (χ0n) is 15.7. The summed E-state index contributed by atoms with van der Waals surface area (Å²) in [6.07, 6.45) is 6.29. The molecule has 0 heterocycles. The molecular weight excluding hydrogens is 302 g/mol. The highest BCUT2D eigenvalue weighted by molar-refractivity contribution is 5.23. The molecule has 140 valence electrons. The average Bonchev–Trinajstić information content (AvgIpc) is 2.81. The van der Waals surface area contributed by atoms with Gasteiger partial charge < -0.3 is 21.1 Å². The molecule has 0 aromatic rings. The van der Waals surface area contributed by atoms with Crippen molar-refractivity contribution in [3.8, 4) is 0 Å². The van der Waals surface area contributed by atoms with Crippen LogP contribution in [0.5, 0.6) is 0 Å². The van der Waals surface area contributed by atoms with Gasteiger partial charge in [-0.2, -0.15) is 0 Å². The Morgan fingerprint density at radius 3 is 2.33 bits per heavy atom. The number of rotatable bonds is 2. The zero-order chi connectivity index (χ0) is 18.1. The van der Waals surface area contributed by atoms with Crippen molar-refractivity contribution in [3.05, 3.63) is 12.2 Å². The van der Waals surface area contributed by atoms with E-state index in [4.69, 9.17) is 0 Å². The molecule has 24 heavy (non-hydrogen) atoms.